The largest absolute Gasteiger partial charge is 0.396 e. The van der Waals surface area contributed by atoms with Crippen molar-refractivity contribution in [1.29, 1.82) is 0 Å². The Balaban J connectivity index is 1.69. The number of aliphatic hydroxyl groups excluding tert-OH is 1. The van der Waals surface area contributed by atoms with Crippen LogP contribution in [0.2, 0.25) is 0 Å². The number of unbranched alkanes of at least 4 members (excludes halogenated alkanes) is 1. The highest BCUT2D eigenvalue weighted by molar-refractivity contribution is 5.89. The van der Waals surface area contributed by atoms with Crippen LogP contribution in [0.4, 0.5) is 0 Å². The Labute approximate surface area is 108 Å². The molecular weight excluding hydrogens is 232 g/mol. The lowest BCUT2D eigenvalue weighted by Crippen LogP contribution is -2.34. The van der Waals surface area contributed by atoms with E-state index < -0.39 is 0 Å². The molecule has 1 unspecified atom stereocenters. The molecule has 0 aromatic rings. The summed E-state index contributed by atoms with van der Waals surface area (Å²) >= 11 is 0. The molecule has 1 saturated heterocycles. The van der Waals surface area contributed by atoms with Gasteiger partial charge in [0.05, 0.1) is 5.92 Å². The fraction of sp³-hybridized carbons (Fsp3) is 0.846. The van der Waals surface area contributed by atoms with Gasteiger partial charge in [0.2, 0.25) is 11.8 Å². The van der Waals surface area contributed by atoms with Crippen molar-refractivity contribution >= 4 is 11.8 Å². The Morgan fingerprint density at radius 1 is 1.39 bits per heavy atom. The van der Waals surface area contributed by atoms with Crippen molar-refractivity contribution in [2.24, 2.45) is 11.8 Å². The average molecular weight is 254 g/mol. The molecule has 102 valence electrons. The van der Waals surface area contributed by atoms with Crippen LogP contribution in [0.15, 0.2) is 0 Å². The van der Waals surface area contributed by atoms with E-state index in [9.17, 15) is 9.59 Å². The number of carbonyl (C=O) groups is 2. The summed E-state index contributed by atoms with van der Waals surface area (Å²) in [6.07, 6.45) is 4.30. The molecular formula is C13H22N2O3. The number of likely N-dealkylation sites (tertiary alicyclic amines) is 1. The molecule has 1 saturated carbocycles. The number of nitrogens with one attached hydrogen (secondary N) is 1. The van der Waals surface area contributed by atoms with Crippen LogP contribution in [0.5, 0.6) is 0 Å². The summed E-state index contributed by atoms with van der Waals surface area (Å²) < 4.78 is 0. The van der Waals surface area contributed by atoms with E-state index in [1.54, 1.807) is 0 Å². The normalized spacial score (nSPS) is 23.5. The van der Waals surface area contributed by atoms with Gasteiger partial charge in [-0.05, 0) is 31.6 Å². The van der Waals surface area contributed by atoms with Crippen molar-refractivity contribution in [3.8, 4) is 0 Å². The van der Waals surface area contributed by atoms with Crippen molar-refractivity contribution in [2.75, 3.05) is 26.2 Å². The average Bonchev–Trinajstić information content (AvgIpc) is 3.09. The third kappa shape index (κ3) is 3.70. The predicted molar refractivity (Wildman–Crippen MR) is 66.7 cm³/mol. The monoisotopic (exact) mass is 254 g/mol. The van der Waals surface area contributed by atoms with Crippen molar-refractivity contribution in [3.05, 3.63) is 0 Å². The van der Waals surface area contributed by atoms with Gasteiger partial charge in [-0.15, -0.1) is 0 Å². The van der Waals surface area contributed by atoms with E-state index in [1.165, 1.54) is 12.8 Å². The fourth-order valence-corrected chi connectivity index (χ4v) is 2.33. The molecule has 2 rings (SSSR count). The van der Waals surface area contributed by atoms with E-state index in [4.69, 9.17) is 5.11 Å². The summed E-state index contributed by atoms with van der Waals surface area (Å²) in [5.41, 5.74) is 0. The first-order chi connectivity index (χ1) is 8.70. The lowest BCUT2D eigenvalue weighted by atomic mass is 10.1. The van der Waals surface area contributed by atoms with Crippen molar-refractivity contribution in [2.45, 2.75) is 32.1 Å². The second-order valence-electron chi connectivity index (χ2n) is 5.36. The highest BCUT2D eigenvalue weighted by Gasteiger charge is 2.36. The summed E-state index contributed by atoms with van der Waals surface area (Å²) in [5.74, 6) is 0.614. The Morgan fingerprint density at radius 2 is 2.17 bits per heavy atom. The maximum absolute atomic E-state index is 11.8. The molecule has 1 atom stereocenters. The predicted octanol–water partition coefficient (Wildman–Crippen LogP) is 0.134. The van der Waals surface area contributed by atoms with Crippen molar-refractivity contribution < 1.29 is 14.7 Å². The van der Waals surface area contributed by atoms with E-state index in [2.05, 4.69) is 5.32 Å². The third-order valence-corrected chi connectivity index (χ3v) is 3.64. The SMILES string of the molecule is O=C(NCCCCO)C1CC(=O)N(CC2CC2)C1. The molecule has 0 aromatic carbocycles. The smallest absolute Gasteiger partial charge is 0.225 e. The molecule has 5 nitrogen and oxygen atoms in total. The second-order valence-corrected chi connectivity index (χ2v) is 5.36. The highest BCUT2D eigenvalue weighted by Crippen LogP contribution is 2.31. The molecule has 2 amide bonds. The van der Waals surface area contributed by atoms with Gasteiger partial charge in [-0.3, -0.25) is 9.59 Å². The van der Waals surface area contributed by atoms with Crippen LogP contribution in [-0.4, -0.2) is 48.1 Å². The Kier molecular flexibility index (Phi) is 4.58. The summed E-state index contributed by atoms with van der Waals surface area (Å²) in [5, 5.41) is 11.5. The van der Waals surface area contributed by atoms with Gasteiger partial charge in [-0.25, -0.2) is 0 Å². The molecule has 2 fully saturated rings. The number of hydrogen-bond donors (Lipinski definition) is 2. The van der Waals surface area contributed by atoms with E-state index in [-0.39, 0.29) is 24.3 Å². The topological polar surface area (TPSA) is 69.6 Å². The quantitative estimate of drug-likeness (QED) is 0.635. The molecule has 2 aliphatic rings. The molecule has 0 spiro atoms. The number of hydrogen-bond acceptors (Lipinski definition) is 3. The molecule has 1 heterocycles. The zero-order valence-electron chi connectivity index (χ0n) is 10.7. The van der Waals surface area contributed by atoms with E-state index in [0.717, 1.165) is 13.0 Å². The summed E-state index contributed by atoms with van der Waals surface area (Å²) in [7, 11) is 0. The molecule has 2 N–H and O–H groups in total. The number of carbonyl (C=O) groups excluding carboxylic acids is 2. The second kappa shape index (κ2) is 6.18. The highest BCUT2D eigenvalue weighted by atomic mass is 16.3. The molecule has 1 aliphatic carbocycles. The molecule has 1 aliphatic heterocycles. The van der Waals surface area contributed by atoms with Gasteiger partial charge < -0.3 is 15.3 Å². The molecule has 0 bridgehead atoms. The van der Waals surface area contributed by atoms with Gasteiger partial charge in [0.15, 0.2) is 0 Å². The minimum atomic E-state index is -0.176. The maximum Gasteiger partial charge on any atom is 0.225 e. The number of aliphatic hydroxyl groups is 1. The minimum Gasteiger partial charge on any atom is -0.396 e. The van der Waals surface area contributed by atoms with Gasteiger partial charge >= 0.3 is 0 Å². The molecule has 0 aromatic heterocycles. The van der Waals surface area contributed by atoms with Crippen LogP contribution in [-0.2, 0) is 9.59 Å². The number of rotatable bonds is 7. The Bertz CT molecular complexity index is 315. The van der Waals surface area contributed by atoms with Gasteiger partial charge in [0.25, 0.3) is 0 Å². The zero-order valence-corrected chi connectivity index (χ0v) is 10.7. The summed E-state index contributed by atoms with van der Waals surface area (Å²) in [6.45, 7) is 2.17. The first-order valence-corrected chi connectivity index (χ1v) is 6.87. The van der Waals surface area contributed by atoms with Crippen molar-refractivity contribution in [1.82, 2.24) is 10.2 Å². The van der Waals surface area contributed by atoms with Crippen LogP contribution >= 0.6 is 0 Å². The maximum atomic E-state index is 11.8. The van der Waals surface area contributed by atoms with Crippen LogP contribution in [0, 0.1) is 11.8 Å². The zero-order chi connectivity index (χ0) is 13.0. The van der Waals surface area contributed by atoms with E-state index >= 15 is 0 Å². The van der Waals surface area contributed by atoms with Crippen molar-refractivity contribution in [3.63, 3.8) is 0 Å². The first-order valence-electron chi connectivity index (χ1n) is 6.87. The Morgan fingerprint density at radius 3 is 2.83 bits per heavy atom. The third-order valence-electron chi connectivity index (χ3n) is 3.64. The number of amides is 2. The molecule has 5 heteroatoms. The minimum absolute atomic E-state index is 0.0143. The van der Waals surface area contributed by atoms with E-state index in [1.807, 2.05) is 4.90 Å². The lowest BCUT2D eigenvalue weighted by molar-refractivity contribution is -0.129. The fourth-order valence-electron chi connectivity index (χ4n) is 2.33. The Hall–Kier alpha value is -1.10. The lowest BCUT2D eigenvalue weighted by Gasteiger charge is -2.15. The van der Waals surface area contributed by atoms with Gasteiger partial charge in [0, 0.05) is 32.7 Å². The van der Waals surface area contributed by atoms with Crippen LogP contribution in [0.1, 0.15) is 32.1 Å². The van der Waals surface area contributed by atoms with Crippen LogP contribution in [0.3, 0.4) is 0 Å². The van der Waals surface area contributed by atoms with Gasteiger partial charge in [-0.2, -0.15) is 0 Å². The van der Waals surface area contributed by atoms with Gasteiger partial charge in [-0.1, -0.05) is 0 Å². The summed E-state index contributed by atoms with van der Waals surface area (Å²) in [4.78, 5) is 25.4. The molecule has 18 heavy (non-hydrogen) atoms. The first kappa shape index (κ1) is 13.3. The van der Waals surface area contributed by atoms with Crippen LogP contribution in [0.25, 0.3) is 0 Å². The molecule has 0 radical (unpaired) electrons. The van der Waals surface area contributed by atoms with Gasteiger partial charge in [0.1, 0.15) is 0 Å². The van der Waals surface area contributed by atoms with Crippen LogP contribution < -0.4 is 5.32 Å². The van der Waals surface area contributed by atoms with E-state index in [0.29, 0.717) is 31.8 Å². The summed E-state index contributed by atoms with van der Waals surface area (Å²) in [6, 6.07) is 0. The standard InChI is InChI=1S/C13H22N2O3/c16-6-2-1-5-14-13(18)11-7-12(17)15(9-11)8-10-3-4-10/h10-11,16H,1-9H2,(H,14,18). The number of nitrogens with zero attached hydrogens (tertiary/aromatic N) is 1.